The number of carbonyl (C=O) groups is 1. The number of aromatic nitrogens is 2. The van der Waals surface area contributed by atoms with Gasteiger partial charge >= 0.3 is 5.97 Å². The second kappa shape index (κ2) is 5.50. The monoisotopic (exact) mass is 212 g/mol. The standard InChI is InChI=1S/C10H16N2O3/c1-3-4-8-7-9(10(13)14)11-12(8)5-6-15-2/h7H,3-6H2,1-2H3,(H,13,14). The summed E-state index contributed by atoms with van der Waals surface area (Å²) in [4.78, 5) is 10.7. The fourth-order valence-electron chi connectivity index (χ4n) is 1.39. The van der Waals surface area contributed by atoms with E-state index in [-0.39, 0.29) is 5.69 Å². The van der Waals surface area contributed by atoms with Crippen LogP contribution in [0.2, 0.25) is 0 Å². The van der Waals surface area contributed by atoms with Crippen molar-refractivity contribution < 1.29 is 14.6 Å². The third-order valence-electron chi connectivity index (χ3n) is 2.10. The van der Waals surface area contributed by atoms with Crippen LogP contribution in [0.4, 0.5) is 0 Å². The smallest absolute Gasteiger partial charge is 0.356 e. The van der Waals surface area contributed by atoms with Gasteiger partial charge in [-0.15, -0.1) is 0 Å². The molecule has 84 valence electrons. The quantitative estimate of drug-likeness (QED) is 0.769. The van der Waals surface area contributed by atoms with Gasteiger partial charge in [-0.05, 0) is 12.5 Å². The van der Waals surface area contributed by atoms with E-state index < -0.39 is 5.97 Å². The van der Waals surface area contributed by atoms with Crippen LogP contribution in [-0.2, 0) is 17.7 Å². The number of aromatic carboxylic acids is 1. The first-order valence-electron chi connectivity index (χ1n) is 4.98. The topological polar surface area (TPSA) is 64.3 Å². The van der Waals surface area contributed by atoms with Gasteiger partial charge in [0.25, 0.3) is 0 Å². The Labute approximate surface area is 88.7 Å². The predicted molar refractivity (Wildman–Crippen MR) is 55.1 cm³/mol. The van der Waals surface area contributed by atoms with Crippen LogP contribution in [-0.4, -0.2) is 34.6 Å². The lowest BCUT2D eigenvalue weighted by Gasteiger charge is -2.04. The minimum absolute atomic E-state index is 0.106. The lowest BCUT2D eigenvalue weighted by atomic mass is 10.2. The summed E-state index contributed by atoms with van der Waals surface area (Å²) in [7, 11) is 1.61. The highest BCUT2D eigenvalue weighted by Crippen LogP contribution is 2.07. The lowest BCUT2D eigenvalue weighted by molar-refractivity contribution is 0.0689. The van der Waals surface area contributed by atoms with Crippen LogP contribution in [0.15, 0.2) is 6.07 Å². The van der Waals surface area contributed by atoms with Crippen LogP contribution in [0, 0.1) is 0 Å². The maximum atomic E-state index is 10.7. The molecule has 0 aliphatic rings. The molecule has 1 N–H and O–H groups in total. The number of hydrogen-bond donors (Lipinski definition) is 1. The molecule has 5 nitrogen and oxygen atoms in total. The van der Waals surface area contributed by atoms with E-state index in [0.717, 1.165) is 18.5 Å². The van der Waals surface area contributed by atoms with E-state index in [2.05, 4.69) is 5.10 Å². The van der Waals surface area contributed by atoms with Crippen molar-refractivity contribution >= 4 is 5.97 Å². The molecule has 0 saturated heterocycles. The minimum atomic E-state index is -0.983. The van der Waals surface area contributed by atoms with Crippen LogP contribution < -0.4 is 0 Å². The number of carboxylic acid groups (broad SMARTS) is 1. The highest BCUT2D eigenvalue weighted by atomic mass is 16.5. The zero-order valence-corrected chi connectivity index (χ0v) is 9.06. The summed E-state index contributed by atoms with van der Waals surface area (Å²) >= 11 is 0. The van der Waals surface area contributed by atoms with Gasteiger partial charge in [0.05, 0.1) is 13.2 Å². The molecule has 0 radical (unpaired) electrons. The van der Waals surface area contributed by atoms with E-state index in [1.165, 1.54) is 0 Å². The van der Waals surface area contributed by atoms with Crippen molar-refractivity contribution in [1.82, 2.24) is 9.78 Å². The van der Waals surface area contributed by atoms with Gasteiger partial charge < -0.3 is 9.84 Å². The second-order valence-electron chi connectivity index (χ2n) is 3.29. The molecule has 1 heterocycles. The summed E-state index contributed by atoms with van der Waals surface area (Å²) < 4.78 is 6.65. The van der Waals surface area contributed by atoms with Gasteiger partial charge in [-0.1, -0.05) is 13.3 Å². The summed E-state index contributed by atoms with van der Waals surface area (Å²) in [6.07, 6.45) is 1.81. The zero-order valence-electron chi connectivity index (χ0n) is 9.06. The van der Waals surface area contributed by atoms with Crippen LogP contribution in [0.5, 0.6) is 0 Å². The van der Waals surface area contributed by atoms with E-state index in [1.54, 1.807) is 17.9 Å². The summed E-state index contributed by atoms with van der Waals surface area (Å²) in [5, 5.41) is 12.8. The van der Waals surface area contributed by atoms with Crippen molar-refractivity contribution in [3.8, 4) is 0 Å². The van der Waals surface area contributed by atoms with Gasteiger partial charge in [0.15, 0.2) is 5.69 Å². The first-order valence-corrected chi connectivity index (χ1v) is 4.98. The maximum Gasteiger partial charge on any atom is 0.356 e. The van der Waals surface area contributed by atoms with Crippen LogP contribution in [0.1, 0.15) is 29.5 Å². The minimum Gasteiger partial charge on any atom is -0.476 e. The SMILES string of the molecule is CCCc1cc(C(=O)O)nn1CCOC. The van der Waals surface area contributed by atoms with Crippen LogP contribution in [0.3, 0.4) is 0 Å². The highest BCUT2D eigenvalue weighted by molar-refractivity contribution is 5.85. The summed E-state index contributed by atoms with van der Waals surface area (Å²) in [6, 6.07) is 1.63. The fourth-order valence-corrected chi connectivity index (χ4v) is 1.39. The van der Waals surface area contributed by atoms with Crippen molar-refractivity contribution in [1.29, 1.82) is 0 Å². The molecule has 15 heavy (non-hydrogen) atoms. The molecule has 1 aromatic heterocycles. The van der Waals surface area contributed by atoms with Gasteiger partial charge in [0, 0.05) is 12.8 Å². The van der Waals surface area contributed by atoms with E-state index in [9.17, 15) is 4.79 Å². The van der Waals surface area contributed by atoms with E-state index >= 15 is 0 Å². The Kier molecular flexibility index (Phi) is 4.30. The predicted octanol–water partition coefficient (Wildman–Crippen LogP) is 1.18. The van der Waals surface area contributed by atoms with Crippen molar-refractivity contribution in [3.63, 3.8) is 0 Å². The molecule has 0 aliphatic carbocycles. The second-order valence-corrected chi connectivity index (χ2v) is 3.29. The Balaban J connectivity index is 2.84. The third-order valence-corrected chi connectivity index (χ3v) is 2.10. The average molecular weight is 212 g/mol. The molecule has 0 aromatic carbocycles. The number of carboxylic acids is 1. The Morgan fingerprint density at radius 3 is 2.93 bits per heavy atom. The Hall–Kier alpha value is -1.36. The Morgan fingerprint density at radius 2 is 2.40 bits per heavy atom. The van der Waals surface area contributed by atoms with Crippen molar-refractivity contribution in [2.45, 2.75) is 26.3 Å². The molecule has 0 spiro atoms. The number of nitrogens with zero attached hydrogens (tertiary/aromatic N) is 2. The molecule has 1 rings (SSSR count). The van der Waals surface area contributed by atoms with Crippen molar-refractivity contribution in [2.24, 2.45) is 0 Å². The number of methoxy groups -OCH3 is 1. The van der Waals surface area contributed by atoms with Crippen molar-refractivity contribution in [3.05, 3.63) is 17.5 Å². The molecule has 0 saturated carbocycles. The van der Waals surface area contributed by atoms with Gasteiger partial charge in [-0.25, -0.2) is 4.79 Å². The summed E-state index contributed by atoms with van der Waals surface area (Å²) in [5.41, 5.74) is 1.06. The molecule has 0 fully saturated rings. The first kappa shape index (κ1) is 11.7. The molecule has 0 bridgehead atoms. The number of aryl methyl sites for hydroxylation is 1. The highest BCUT2D eigenvalue weighted by Gasteiger charge is 2.12. The Morgan fingerprint density at radius 1 is 1.67 bits per heavy atom. The Bertz CT molecular complexity index is 333. The molecule has 5 heteroatoms. The van der Waals surface area contributed by atoms with E-state index in [1.807, 2.05) is 6.92 Å². The molecule has 1 aromatic rings. The summed E-state index contributed by atoms with van der Waals surface area (Å²) in [6.45, 7) is 3.19. The third kappa shape index (κ3) is 3.06. The molecular formula is C10H16N2O3. The lowest BCUT2D eigenvalue weighted by Crippen LogP contribution is -2.10. The first-order chi connectivity index (χ1) is 7.19. The van der Waals surface area contributed by atoms with Gasteiger partial charge in [0.1, 0.15) is 0 Å². The zero-order chi connectivity index (χ0) is 11.3. The average Bonchev–Trinajstić information content (AvgIpc) is 2.59. The van der Waals surface area contributed by atoms with Crippen LogP contribution >= 0.6 is 0 Å². The molecule has 0 atom stereocenters. The van der Waals surface area contributed by atoms with E-state index in [4.69, 9.17) is 9.84 Å². The van der Waals surface area contributed by atoms with Gasteiger partial charge in [-0.3, -0.25) is 4.68 Å². The van der Waals surface area contributed by atoms with Crippen molar-refractivity contribution in [2.75, 3.05) is 13.7 Å². The molecular weight excluding hydrogens is 196 g/mol. The number of rotatable bonds is 6. The van der Waals surface area contributed by atoms with Gasteiger partial charge in [-0.2, -0.15) is 5.10 Å². The van der Waals surface area contributed by atoms with E-state index in [0.29, 0.717) is 13.2 Å². The molecule has 0 unspecified atom stereocenters. The number of ether oxygens (including phenoxy) is 1. The fraction of sp³-hybridized carbons (Fsp3) is 0.600. The van der Waals surface area contributed by atoms with Crippen LogP contribution in [0.25, 0.3) is 0 Å². The number of hydrogen-bond acceptors (Lipinski definition) is 3. The maximum absolute atomic E-state index is 10.7. The largest absolute Gasteiger partial charge is 0.476 e. The normalized spacial score (nSPS) is 10.5. The van der Waals surface area contributed by atoms with Gasteiger partial charge in [0.2, 0.25) is 0 Å². The summed E-state index contributed by atoms with van der Waals surface area (Å²) in [5.74, 6) is -0.983. The molecule has 0 amide bonds. The molecule has 0 aliphatic heterocycles.